The maximum absolute atomic E-state index is 12.2. The molecular formula is C18H23F3N2O2. The standard InChI is InChI=1S/C18H23F3N2O2/c1-23(16(24)10-13-4-2-3-5-13)11-14-6-8-15(9-7-14)17(25)22-12-18(19,20)21/h6-9,13H,2-5,10-12H2,1H3,(H,22,25). The molecule has 2 amide bonds. The van der Waals surface area contributed by atoms with Gasteiger partial charge in [-0.2, -0.15) is 13.2 Å². The molecule has 0 aromatic heterocycles. The summed E-state index contributed by atoms with van der Waals surface area (Å²) in [5.41, 5.74) is 0.988. The normalized spacial score (nSPS) is 15.2. The van der Waals surface area contributed by atoms with Crippen molar-refractivity contribution in [2.24, 2.45) is 5.92 Å². The highest BCUT2D eigenvalue weighted by atomic mass is 19.4. The third-order valence-electron chi connectivity index (χ3n) is 4.45. The van der Waals surface area contributed by atoms with E-state index < -0.39 is 18.6 Å². The third-order valence-corrected chi connectivity index (χ3v) is 4.45. The van der Waals surface area contributed by atoms with Crippen molar-refractivity contribution >= 4 is 11.8 Å². The van der Waals surface area contributed by atoms with Crippen LogP contribution in [0.15, 0.2) is 24.3 Å². The zero-order valence-corrected chi connectivity index (χ0v) is 14.2. The van der Waals surface area contributed by atoms with Crippen molar-refractivity contribution in [3.8, 4) is 0 Å². The quantitative estimate of drug-likeness (QED) is 0.848. The van der Waals surface area contributed by atoms with Crippen LogP contribution in [0.1, 0.15) is 48.0 Å². The van der Waals surface area contributed by atoms with Gasteiger partial charge >= 0.3 is 6.18 Å². The Morgan fingerprint density at radius 2 is 1.76 bits per heavy atom. The average Bonchev–Trinajstić information content (AvgIpc) is 3.05. The Labute approximate surface area is 145 Å². The Bertz CT molecular complexity index is 593. The van der Waals surface area contributed by atoms with Crippen LogP contribution >= 0.6 is 0 Å². The van der Waals surface area contributed by atoms with Gasteiger partial charge in [0, 0.05) is 25.6 Å². The minimum atomic E-state index is -4.43. The molecule has 1 aromatic rings. The predicted molar refractivity (Wildman–Crippen MR) is 87.9 cm³/mol. The van der Waals surface area contributed by atoms with E-state index in [1.54, 1.807) is 24.1 Å². The molecule has 0 heterocycles. The summed E-state index contributed by atoms with van der Waals surface area (Å²) in [5, 5.41) is 1.83. The Morgan fingerprint density at radius 3 is 2.32 bits per heavy atom. The van der Waals surface area contributed by atoms with Crippen LogP contribution in [0, 0.1) is 5.92 Å². The van der Waals surface area contributed by atoms with Crippen molar-refractivity contribution in [2.75, 3.05) is 13.6 Å². The van der Waals surface area contributed by atoms with E-state index in [0.29, 0.717) is 18.9 Å². The number of hydrogen-bond acceptors (Lipinski definition) is 2. The molecular weight excluding hydrogens is 333 g/mol. The van der Waals surface area contributed by atoms with Gasteiger partial charge < -0.3 is 10.2 Å². The van der Waals surface area contributed by atoms with E-state index in [0.717, 1.165) is 18.4 Å². The van der Waals surface area contributed by atoms with Crippen LogP contribution in [0.25, 0.3) is 0 Å². The molecule has 0 aliphatic heterocycles. The summed E-state index contributed by atoms with van der Waals surface area (Å²) >= 11 is 0. The molecule has 1 aliphatic rings. The summed E-state index contributed by atoms with van der Waals surface area (Å²) in [7, 11) is 1.74. The van der Waals surface area contributed by atoms with Crippen LogP contribution in [0.5, 0.6) is 0 Å². The Balaban J connectivity index is 1.84. The molecule has 0 unspecified atom stereocenters. The van der Waals surface area contributed by atoms with Gasteiger partial charge in [0.2, 0.25) is 5.91 Å². The first kappa shape index (κ1) is 19.3. The maximum atomic E-state index is 12.2. The number of carbonyl (C=O) groups excluding carboxylic acids is 2. The van der Waals surface area contributed by atoms with Crippen LogP contribution in [0.3, 0.4) is 0 Å². The molecule has 4 nitrogen and oxygen atoms in total. The molecule has 1 aliphatic carbocycles. The molecule has 1 saturated carbocycles. The molecule has 0 radical (unpaired) electrons. The number of halogens is 3. The van der Waals surface area contributed by atoms with Gasteiger partial charge in [0.1, 0.15) is 6.54 Å². The second-order valence-electron chi connectivity index (χ2n) is 6.60. The van der Waals surface area contributed by atoms with Crippen LogP contribution in [-0.4, -0.2) is 36.5 Å². The molecule has 2 rings (SSSR count). The molecule has 25 heavy (non-hydrogen) atoms. The summed E-state index contributed by atoms with van der Waals surface area (Å²) in [6.07, 6.45) is 0.744. The fourth-order valence-electron chi connectivity index (χ4n) is 3.02. The van der Waals surface area contributed by atoms with Gasteiger partial charge in [-0.15, -0.1) is 0 Å². The Morgan fingerprint density at radius 1 is 1.16 bits per heavy atom. The third kappa shape index (κ3) is 6.40. The van der Waals surface area contributed by atoms with E-state index >= 15 is 0 Å². The van der Waals surface area contributed by atoms with E-state index in [-0.39, 0.29) is 11.5 Å². The topological polar surface area (TPSA) is 49.4 Å². The van der Waals surface area contributed by atoms with Gasteiger partial charge in [-0.3, -0.25) is 9.59 Å². The number of alkyl halides is 3. The van der Waals surface area contributed by atoms with Gasteiger partial charge in [-0.25, -0.2) is 0 Å². The molecule has 0 saturated heterocycles. The summed E-state index contributed by atoms with van der Waals surface area (Å²) in [4.78, 5) is 25.5. The molecule has 0 spiro atoms. The lowest BCUT2D eigenvalue weighted by atomic mass is 10.0. The number of hydrogen-bond donors (Lipinski definition) is 1. The fraction of sp³-hybridized carbons (Fsp3) is 0.556. The lowest BCUT2D eigenvalue weighted by Gasteiger charge is -2.19. The highest BCUT2D eigenvalue weighted by molar-refractivity contribution is 5.94. The minimum Gasteiger partial charge on any atom is -0.343 e. The van der Waals surface area contributed by atoms with Gasteiger partial charge in [-0.1, -0.05) is 25.0 Å². The van der Waals surface area contributed by atoms with Gasteiger partial charge in [-0.05, 0) is 36.5 Å². The van der Waals surface area contributed by atoms with Gasteiger partial charge in [0.25, 0.3) is 5.91 Å². The van der Waals surface area contributed by atoms with E-state index in [9.17, 15) is 22.8 Å². The first-order valence-electron chi connectivity index (χ1n) is 8.42. The zero-order valence-electron chi connectivity index (χ0n) is 14.2. The Kier molecular flexibility index (Phi) is 6.45. The summed E-state index contributed by atoms with van der Waals surface area (Å²) in [5.74, 6) is -0.192. The summed E-state index contributed by atoms with van der Waals surface area (Å²) < 4.78 is 36.3. The van der Waals surface area contributed by atoms with Crippen molar-refractivity contribution in [3.63, 3.8) is 0 Å². The number of benzene rings is 1. The highest BCUT2D eigenvalue weighted by Gasteiger charge is 2.27. The molecule has 1 aromatic carbocycles. The van der Waals surface area contributed by atoms with E-state index in [1.807, 2.05) is 5.32 Å². The van der Waals surface area contributed by atoms with Crippen LogP contribution < -0.4 is 5.32 Å². The van der Waals surface area contributed by atoms with Crippen molar-refractivity contribution in [2.45, 2.75) is 44.8 Å². The SMILES string of the molecule is CN(Cc1ccc(C(=O)NCC(F)(F)F)cc1)C(=O)CC1CCCC1. The number of nitrogens with one attached hydrogen (secondary N) is 1. The van der Waals surface area contributed by atoms with Crippen LogP contribution in [-0.2, 0) is 11.3 Å². The molecule has 138 valence electrons. The highest BCUT2D eigenvalue weighted by Crippen LogP contribution is 2.28. The van der Waals surface area contributed by atoms with Gasteiger partial charge in [0.05, 0.1) is 0 Å². The largest absolute Gasteiger partial charge is 0.405 e. The molecule has 0 bridgehead atoms. The van der Waals surface area contributed by atoms with Crippen LogP contribution in [0.2, 0.25) is 0 Å². The summed E-state index contributed by atoms with van der Waals surface area (Å²) in [6, 6.07) is 6.25. The van der Waals surface area contributed by atoms with E-state index in [1.165, 1.54) is 25.0 Å². The monoisotopic (exact) mass is 356 g/mol. The van der Waals surface area contributed by atoms with Crippen molar-refractivity contribution in [1.29, 1.82) is 0 Å². The Hall–Kier alpha value is -2.05. The van der Waals surface area contributed by atoms with E-state index in [4.69, 9.17) is 0 Å². The summed E-state index contributed by atoms with van der Waals surface area (Å²) in [6.45, 7) is -0.942. The van der Waals surface area contributed by atoms with Crippen molar-refractivity contribution in [3.05, 3.63) is 35.4 Å². The number of amides is 2. The number of rotatable bonds is 6. The average molecular weight is 356 g/mol. The van der Waals surface area contributed by atoms with Crippen molar-refractivity contribution in [1.82, 2.24) is 10.2 Å². The number of nitrogens with zero attached hydrogens (tertiary/aromatic N) is 1. The number of carbonyl (C=O) groups is 2. The predicted octanol–water partition coefficient (Wildman–Crippen LogP) is 3.52. The lowest BCUT2D eigenvalue weighted by molar-refractivity contribution is -0.131. The maximum Gasteiger partial charge on any atom is 0.405 e. The van der Waals surface area contributed by atoms with Crippen LogP contribution in [0.4, 0.5) is 13.2 Å². The molecule has 1 fully saturated rings. The molecule has 0 atom stereocenters. The second-order valence-corrected chi connectivity index (χ2v) is 6.60. The fourth-order valence-corrected chi connectivity index (χ4v) is 3.02. The minimum absolute atomic E-state index is 0.0962. The zero-order chi connectivity index (χ0) is 18.4. The first-order chi connectivity index (χ1) is 11.7. The molecule has 7 heteroatoms. The van der Waals surface area contributed by atoms with Gasteiger partial charge in [0.15, 0.2) is 0 Å². The smallest absolute Gasteiger partial charge is 0.343 e. The molecule has 1 N–H and O–H groups in total. The second kappa shape index (κ2) is 8.36. The van der Waals surface area contributed by atoms with E-state index in [2.05, 4.69) is 0 Å². The lowest BCUT2D eigenvalue weighted by Crippen LogP contribution is -2.33. The first-order valence-corrected chi connectivity index (χ1v) is 8.42. The van der Waals surface area contributed by atoms with Crippen molar-refractivity contribution < 1.29 is 22.8 Å².